The number of nitrogen functional groups attached to an aromatic ring is 1. The molecule has 0 aromatic carbocycles. The van der Waals surface area contributed by atoms with Crippen molar-refractivity contribution in [2.24, 2.45) is 0 Å². The van der Waals surface area contributed by atoms with Gasteiger partial charge in [0.1, 0.15) is 5.82 Å². The van der Waals surface area contributed by atoms with E-state index in [-0.39, 0.29) is 0 Å². The third kappa shape index (κ3) is 1.42. The third-order valence-corrected chi connectivity index (χ3v) is 2.51. The molecule has 4 nitrogen and oxygen atoms in total. The summed E-state index contributed by atoms with van der Waals surface area (Å²) in [6.07, 6.45) is 2.67. The van der Waals surface area contributed by atoms with E-state index in [1.807, 2.05) is 11.4 Å². The molecule has 2 N–H and O–H groups in total. The van der Waals surface area contributed by atoms with Crippen molar-refractivity contribution in [3.63, 3.8) is 0 Å². The van der Waals surface area contributed by atoms with Gasteiger partial charge in [0.15, 0.2) is 0 Å². The van der Waals surface area contributed by atoms with Crippen molar-refractivity contribution in [2.45, 2.75) is 13.3 Å². The summed E-state index contributed by atoms with van der Waals surface area (Å²) in [5, 5.41) is 6.96. The number of rotatable bonds is 2. The van der Waals surface area contributed by atoms with Gasteiger partial charge in [0.05, 0.1) is 0 Å². The molecule has 0 saturated carbocycles. The highest BCUT2D eigenvalue weighted by molar-refractivity contribution is 7.12. The molecule has 0 spiro atoms. The maximum absolute atomic E-state index is 5.61. The molecule has 0 aliphatic rings. The van der Waals surface area contributed by atoms with Crippen LogP contribution >= 0.6 is 11.3 Å². The van der Waals surface area contributed by atoms with Crippen LogP contribution in [0, 0.1) is 0 Å². The van der Waals surface area contributed by atoms with Crippen LogP contribution in [0.1, 0.15) is 12.6 Å². The topological polar surface area (TPSA) is 56.7 Å². The van der Waals surface area contributed by atoms with E-state index in [0.29, 0.717) is 5.82 Å². The maximum Gasteiger partial charge on any atom is 0.210 e. The standard InChI is InChI=1S/C8H10N4S/c1-2-6-5-7(9)11-12(6)8-10-3-4-13-8/h3-5H,2H2,1H3,(H2,9,11). The fourth-order valence-electron chi connectivity index (χ4n) is 1.18. The van der Waals surface area contributed by atoms with Gasteiger partial charge in [-0.1, -0.05) is 6.92 Å². The normalized spacial score (nSPS) is 10.5. The first-order chi connectivity index (χ1) is 6.31. The zero-order valence-corrected chi connectivity index (χ0v) is 8.08. The van der Waals surface area contributed by atoms with Gasteiger partial charge in [-0.25, -0.2) is 9.67 Å². The lowest BCUT2D eigenvalue weighted by Gasteiger charge is -1.98. The van der Waals surface area contributed by atoms with Crippen LogP contribution in [0.5, 0.6) is 0 Å². The largest absolute Gasteiger partial charge is 0.382 e. The van der Waals surface area contributed by atoms with E-state index in [1.165, 1.54) is 0 Å². The number of hydrogen-bond acceptors (Lipinski definition) is 4. The van der Waals surface area contributed by atoms with E-state index in [1.54, 1.807) is 22.2 Å². The molecule has 0 radical (unpaired) electrons. The molecule has 0 aliphatic heterocycles. The minimum absolute atomic E-state index is 0.548. The number of aromatic nitrogens is 3. The van der Waals surface area contributed by atoms with Crippen molar-refractivity contribution in [3.8, 4) is 5.13 Å². The van der Waals surface area contributed by atoms with Crippen LogP contribution in [0.4, 0.5) is 5.82 Å². The van der Waals surface area contributed by atoms with Gasteiger partial charge in [0, 0.05) is 23.3 Å². The second kappa shape index (κ2) is 3.18. The number of nitrogens with zero attached hydrogens (tertiary/aromatic N) is 3. The number of anilines is 1. The van der Waals surface area contributed by atoms with E-state index in [2.05, 4.69) is 17.0 Å². The molecule has 68 valence electrons. The molecule has 0 aliphatic carbocycles. The summed E-state index contributed by atoms with van der Waals surface area (Å²) >= 11 is 1.55. The summed E-state index contributed by atoms with van der Waals surface area (Å²) < 4.78 is 1.79. The number of thiazole rings is 1. The van der Waals surface area contributed by atoms with E-state index in [4.69, 9.17) is 5.73 Å². The highest BCUT2D eigenvalue weighted by Gasteiger charge is 2.07. The van der Waals surface area contributed by atoms with Crippen molar-refractivity contribution in [3.05, 3.63) is 23.3 Å². The molecular formula is C8H10N4S. The average molecular weight is 194 g/mol. The molecule has 2 aromatic heterocycles. The Labute approximate surface area is 80.0 Å². The second-order valence-electron chi connectivity index (χ2n) is 2.64. The fourth-order valence-corrected chi connectivity index (χ4v) is 1.80. The quantitative estimate of drug-likeness (QED) is 0.787. The predicted octanol–water partition coefficient (Wildman–Crippen LogP) is 1.47. The van der Waals surface area contributed by atoms with Crippen molar-refractivity contribution >= 4 is 17.2 Å². The van der Waals surface area contributed by atoms with Crippen LogP contribution in [0.3, 0.4) is 0 Å². The molecular weight excluding hydrogens is 184 g/mol. The summed E-state index contributed by atoms with van der Waals surface area (Å²) in [5.74, 6) is 0.548. The molecule has 0 amide bonds. The van der Waals surface area contributed by atoms with Gasteiger partial charge in [0.2, 0.25) is 5.13 Å². The van der Waals surface area contributed by atoms with Gasteiger partial charge < -0.3 is 5.73 Å². The van der Waals surface area contributed by atoms with E-state index in [9.17, 15) is 0 Å². The smallest absolute Gasteiger partial charge is 0.210 e. The zero-order chi connectivity index (χ0) is 9.26. The second-order valence-corrected chi connectivity index (χ2v) is 3.51. The van der Waals surface area contributed by atoms with Crippen LogP contribution in [-0.4, -0.2) is 14.8 Å². The number of aryl methyl sites for hydroxylation is 1. The molecule has 0 saturated heterocycles. The SMILES string of the molecule is CCc1cc(N)nn1-c1nccs1. The summed E-state index contributed by atoms with van der Waals surface area (Å²) in [5.41, 5.74) is 6.70. The maximum atomic E-state index is 5.61. The lowest BCUT2D eigenvalue weighted by Crippen LogP contribution is -2.00. The Morgan fingerprint density at radius 3 is 3.08 bits per heavy atom. The Balaban J connectivity index is 2.50. The van der Waals surface area contributed by atoms with Crippen molar-refractivity contribution in [1.29, 1.82) is 0 Å². The lowest BCUT2D eigenvalue weighted by molar-refractivity contribution is 0.810. The minimum Gasteiger partial charge on any atom is -0.382 e. The summed E-state index contributed by atoms with van der Waals surface area (Å²) in [6.45, 7) is 2.07. The van der Waals surface area contributed by atoms with Crippen molar-refractivity contribution < 1.29 is 0 Å². The Morgan fingerprint density at radius 2 is 2.46 bits per heavy atom. The van der Waals surface area contributed by atoms with Gasteiger partial charge >= 0.3 is 0 Å². The Hall–Kier alpha value is -1.36. The monoisotopic (exact) mass is 194 g/mol. The first kappa shape index (κ1) is 8.25. The zero-order valence-electron chi connectivity index (χ0n) is 7.27. The molecule has 0 unspecified atom stereocenters. The fraction of sp³-hybridized carbons (Fsp3) is 0.250. The Morgan fingerprint density at radius 1 is 1.62 bits per heavy atom. The van der Waals surface area contributed by atoms with Crippen molar-refractivity contribution in [1.82, 2.24) is 14.8 Å². The molecule has 0 fully saturated rings. The molecule has 0 bridgehead atoms. The van der Waals surface area contributed by atoms with E-state index in [0.717, 1.165) is 17.2 Å². The molecule has 0 atom stereocenters. The Kier molecular flexibility index (Phi) is 2.02. The van der Waals surface area contributed by atoms with Crippen LogP contribution < -0.4 is 5.73 Å². The van der Waals surface area contributed by atoms with Crippen LogP contribution in [0.25, 0.3) is 5.13 Å². The summed E-state index contributed by atoms with van der Waals surface area (Å²) in [6, 6.07) is 1.88. The van der Waals surface area contributed by atoms with Gasteiger partial charge in [-0.2, -0.15) is 0 Å². The highest BCUT2D eigenvalue weighted by atomic mass is 32.1. The van der Waals surface area contributed by atoms with Crippen LogP contribution in [0.2, 0.25) is 0 Å². The Bertz CT molecular complexity index is 390. The average Bonchev–Trinajstić information content (AvgIpc) is 2.71. The summed E-state index contributed by atoms with van der Waals surface area (Å²) in [7, 11) is 0. The lowest BCUT2D eigenvalue weighted by atomic mass is 10.3. The van der Waals surface area contributed by atoms with Crippen molar-refractivity contribution in [2.75, 3.05) is 5.73 Å². The van der Waals surface area contributed by atoms with Gasteiger partial charge in [0.25, 0.3) is 0 Å². The molecule has 5 heteroatoms. The first-order valence-electron chi connectivity index (χ1n) is 4.05. The molecule has 2 rings (SSSR count). The number of hydrogen-bond donors (Lipinski definition) is 1. The molecule has 2 aromatic rings. The predicted molar refractivity (Wildman–Crippen MR) is 53.0 cm³/mol. The van der Waals surface area contributed by atoms with Crippen LogP contribution in [0.15, 0.2) is 17.6 Å². The third-order valence-electron chi connectivity index (χ3n) is 1.76. The highest BCUT2D eigenvalue weighted by Crippen LogP contribution is 2.15. The molecule has 13 heavy (non-hydrogen) atoms. The first-order valence-corrected chi connectivity index (χ1v) is 4.93. The van der Waals surface area contributed by atoms with Gasteiger partial charge in [-0.3, -0.25) is 0 Å². The molecule has 2 heterocycles. The van der Waals surface area contributed by atoms with Crippen LogP contribution in [-0.2, 0) is 6.42 Å². The van der Waals surface area contributed by atoms with E-state index < -0.39 is 0 Å². The number of nitrogens with two attached hydrogens (primary N) is 1. The summed E-state index contributed by atoms with van der Waals surface area (Å²) in [4.78, 5) is 4.17. The van der Waals surface area contributed by atoms with Gasteiger partial charge in [-0.15, -0.1) is 16.4 Å². The minimum atomic E-state index is 0.548. The van der Waals surface area contributed by atoms with Gasteiger partial charge in [-0.05, 0) is 6.42 Å². The van der Waals surface area contributed by atoms with E-state index >= 15 is 0 Å².